The molecule has 1 aromatic carbocycles. The van der Waals surface area contributed by atoms with Crippen molar-refractivity contribution >= 4 is 17.5 Å². The molecule has 1 N–H and O–H groups in total. The number of carbonyl (C=O) groups excluding carboxylic acids is 1. The summed E-state index contributed by atoms with van der Waals surface area (Å²) in [6.07, 6.45) is 1.06. The van der Waals surface area contributed by atoms with Crippen molar-refractivity contribution in [2.24, 2.45) is 11.3 Å². The Hall–Kier alpha value is -1.02. The van der Waals surface area contributed by atoms with E-state index in [0.717, 1.165) is 6.42 Å². The second-order valence-corrected chi connectivity index (χ2v) is 6.12. The molecular formula is C15H22ClNO. The highest BCUT2D eigenvalue weighted by Gasteiger charge is 2.23. The van der Waals surface area contributed by atoms with Gasteiger partial charge < -0.3 is 5.32 Å². The molecule has 100 valence electrons. The van der Waals surface area contributed by atoms with Crippen molar-refractivity contribution in [3.63, 3.8) is 0 Å². The molecule has 0 bridgehead atoms. The van der Waals surface area contributed by atoms with Gasteiger partial charge in [0.25, 0.3) is 5.91 Å². The Labute approximate surface area is 115 Å². The Morgan fingerprint density at radius 2 is 1.83 bits per heavy atom. The molecule has 0 saturated heterocycles. The number of hydrogen-bond acceptors (Lipinski definition) is 1. The highest BCUT2D eigenvalue weighted by Crippen LogP contribution is 2.27. The predicted octanol–water partition coefficient (Wildman–Crippen LogP) is 4.14. The SMILES string of the molecule is CCC(CNC(=O)c1ccc(Cl)cc1)C(C)(C)C. The number of carbonyl (C=O) groups is 1. The van der Waals surface area contributed by atoms with Gasteiger partial charge in [0.2, 0.25) is 0 Å². The molecule has 1 unspecified atom stereocenters. The molecule has 1 aromatic rings. The average molecular weight is 268 g/mol. The number of amides is 1. The van der Waals surface area contributed by atoms with Crippen molar-refractivity contribution in [2.45, 2.75) is 34.1 Å². The highest BCUT2D eigenvalue weighted by atomic mass is 35.5. The predicted molar refractivity (Wildman–Crippen MR) is 77.0 cm³/mol. The molecule has 0 aliphatic rings. The van der Waals surface area contributed by atoms with E-state index in [1.54, 1.807) is 24.3 Å². The fourth-order valence-electron chi connectivity index (χ4n) is 1.98. The number of hydrogen-bond donors (Lipinski definition) is 1. The van der Waals surface area contributed by atoms with E-state index in [2.05, 4.69) is 33.0 Å². The second kappa shape index (κ2) is 6.24. The van der Waals surface area contributed by atoms with Gasteiger partial charge in [-0.1, -0.05) is 45.7 Å². The summed E-state index contributed by atoms with van der Waals surface area (Å²) in [6.45, 7) is 9.48. The summed E-state index contributed by atoms with van der Waals surface area (Å²) >= 11 is 5.79. The molecule has 2 nitrogen and oxygen atoms in total. The van der Waals surface area contributed by atoms with Gasteiger partial charge in [-0.05, 0) is 35.6 Å². The molecule has 0 heterocycles. The number of halogens is 1. The van der Waals surface area contributed by atoms with E-state index in [1.165, 1.54) is 0 Å². The molecule has 0 spiro atoms. The van der Waals surface area contributed by atoms with Gasteiger partial charge >= 0.3 is 0 Å². The molecule has 0 aliphatic carbocycles. The maximum Gasteiger partial charge on any atom is 0.251 e. The zero-order valence-corrected chi connectivity index (χ0v) is 12.3. The molecule has 1 rings (SSSR count). The Balaban J connectivity index is 2.58. The van der Waals surface area contributed by atoms with Crippen molar-refractivity contribution in [3.8, 4) is 0 Å². The summed E-state index contributed by atoms with van der Waals surface area (Å²) in [5, 5.41) is 3.64. The van der Waals surface area contributed by atoms with Crippen molar-refractivity contribution in [3.05, 3.63) is 34.9 Å². The average Bonchev–Trinajstić information content (AvgIpc) is 2.28. The van der Waals surface area contributed by atoms with Gasteiger partial charge in [0.15, 0.2) is 0 Å². The largest absolute Gasteiger partial charge is 0.352 e. The van der Waals surface area contributed by atoms with Gasteiger partial charge in [-0.15, -0.1) is 0 Å². The first-order chi connectivity index (χ1) is 8.34. The first kappa shape index (κ1) is 15.0. The fraction of sp³-hybridized carbons (Fsp3) is 0.533. The first-order valence-corrected chi connectivity index (χ1v) is 6.76. The molecule has 0 fully saturated rings. The van der Waals surface area contributed by atoms with Gasteiger partial charge in [-0.3, -0.25) is 4.79 Å². The van der Waals surface area contributed by atoms with Crippen molar-refractivity contribution in [1.82, 2.24) is 5.32 Å². The molecule has 0 aliphatic heterocycles. The molecule has 3 heteroatoms. The fourth-order valence-corrected chi connectivity index (χ4v) is 2.11. The summed E-state index contributed by atoms with van der Waals surface area (Å²) in [6, 6.07) is 6.96. The van der Waals surface area contributed by atoms with Crippen LogP contribution in [0.4, 0.5) is 0 Å². The van der Waals surface area contributed by atoms with Crippen molar-refractivity contribution < 1.29 is 4.79 Å². The molecule has 1 amide bonds. The Bertz CT molecular complexity index is 392. The third kappa shape index (κ3) is 4.34. The van der Waals surface area contributed by atoms with Crippen LogP contribution in [-0.4, -0.2) is 12.5 Å². The van der Waals surface area contributed by atoms with E-state index in [0.29, 0.717) is 23.0 Å². The van der Waals surface area contributed by atoms with E-state index in [4.69, 9.17) is 11.6 Å². The smallest absolute Gasteiger partial charge is 0.251 e. The lowest BCUT2D eigenvalue weighted by Crippen LogP contribution is -2.34. The van der Waals surface area contributed by atoms with Crippen LogP contribution in [-0.2, 0) is 0 Å². The standard InChI is InChI=1S/C15H22ClNO/c1-5-12(15(2,3)4)10-17-14(18)11-6-8-13(16)9-7-11/h6-9,12H,5,10H2,1-4H3,(H,17,18). The Kier molecular flexibility index (Phi) is 5.21. The quantitative estimate of drug-likeness (QED) is 0.873. The van der Waals surface area contributed by atoms with Crippen LogP contribution in [0.25, 0.3) is 0 Å². The minimum Gasteiger partial charge on any atom is -0.352 e. The van der Waals surface area contributed by atoms with Gasteiger partial charge in [0, 0.05) is 17.1 Å². The topological polar surface area (TPSA) is 29.1 Å². The van der Waals surface area contributed by atoms with Gasteiger partial charge in [0.1, 0.15) is 0 Å². The van der Waals surface area contributed by atoms with Crippen LogP contribution in [0.2, 0.25) is 5.02 Å². The van der Waals surface area contributed by atoms with Crippen LogP contribution >= 0.6 is 11.6 Å². The monoisotopic (exact) mass is 267 g/mol. The van der Waals surface area contributed by atoms with Crippen LogP contribution in [0.3, 0.4) is 0 Å². The zero-order valence-electron chi connectivity index (χ0n) is 11.6. The summed E-state index contributed by atoms with van der Waals surface area (Å²) in [5.74, 6) is 0.447. The third-order valence-corrected chi connectivity index (χ3v) is 3.58. The van der Waals surface area contributed by atoms with Crippen LogP contribution < -0.4 is 5.32 Å². The molecule has 0 radical (unpaired) electrons. The van der Waals surface area contributed by atoms with E-state index >= 15 is 0 Å². The molecule has 0 aromatic heterocycles. The maximum atomic E-state index is 11.9. The number of rotatable bonds is 4. The Morgan fingerprint density at radius 3 is 2.28 bits per heavy atom. The maximum absolute atomic E-state index is 11.9. The van der Waals surface area contributed by atoms with E-state index in [9.17, 15) is 4.79 Å². The minimum atomic E-state index is -0.0330. The van der Waals surface area contributed by atoms with E-state index in [-0.39, 0.29) is 11.3 Å². The van der Waals surface area contributed by atoms with Gasteiger partial charge in [0.05, 0.1) is 0 Å². The number of benzene rings is 1. The summed E-state index contributed by atoms with van der Waals surface area (Å²) < 4.78 is 0. The van der Waals surface area contributed by atoms with Crippen molar-refractivity contribution in [1.29, 1.82) is 0 Å². The minimum absolute atomic E-state index is 0.0330. The molecule has 1 atom stereocenters. The van der Waals surface area contributed by atoms with Crippen molar-refractivity contribution in [2.75, 3.05) is 6.54 Å². The first-order valence-electron chi connectivity index (χ1n) is 6.38. The molecule has 18 heavy (non-hydrogen) atoms. The number of nitrogens with one attached hydrogen (secondary N) is 1. The normalized spacial score (nSPS) is 13.2. The Morgan fingerprint density at radius 1 is 1.28 bits per heavy atom. The molecular weight excluding hydrogens is 246 g/mol. The summed E-state index contributed by atoms with van der Waals surface area (Å²) in [4.78, 5) is 11.9. The lowest BCUT2D eigenvalue weighted by atomic mass is 9.79. The third-order valence-electron chi connectivity index (χ3n) is 3.33. The van der Waals surface area contributed by atoms with Gasteiger partial charge in [-0.25, -0.2) is 0 Å². The summed E-state index contributed by atoms with van der Waals surface area (Å²) in [7, 11) is 0. The van der Waals surface area contributed by atoms with Crippen LogP contribution in [0, 0.1) is 11.3 Å². The lowest BCUT2D eigenvalue weighted by molar-refractivity contribution is 0.0932. The van der Waals surface area contributed by atoms with Crippen LogP contribution in [0.15, 0.2) is 24.3 Å². The van der Waals surface area contributed by atoms with Crippen LogP contribution in [0.1, 0.15) is 44.5 Å². The zero-order chi connectivity index (χ0) is 13.8. The lowest BCUT2D eigenvalue weighted by Gasteiger charge is -2.29. The van der Waals surface area contributed by atoms with E-state index < -0.39 is 0 Å². The molecule has 0 saturated carbocycles. The van der Waals surface area contributed by atoms with E-state index in [1.807, 2.05) is 0 Å². The highest BCUT2D eigenvalue weighted by molar-refractivity contribution is 6.30. The van der Waals surface area contributed by atoms with Crippen LogP contribution in [0.5, 0.6) is 0 Å². The second-order valence-electron chi connectivity index (χ2n) is 5.69. The summed E-state index contributed by atoms with van der Waals surface area (Å²) in [5.41, 5.74) is 0.866. The van der Waals surface area contributed by atoms with Gasteiger partial charge in [-0.2, -0.15) is 0 Å².